The van der Waals surface area contributed by atoms with Crippen LogP contribution in [0.1, 0.15) is 47.0 Å². The van der Waals surface area contributed by atoms with E-state index in [9.17, 15) is 9.59 Å². The summed E-state index contributed by atoms with van der Waals surface area (Å²) < 4.78 is 11.4. The Bertz CT molecular complexity index is 324. The summed E-state index contributed by atoms with van der Waals surface area (Å²) >= 11 is 1.20. The van der Waals surface area contributed by atoms with Gasteiger partial charge in [0.05, 0.1) is 5.92 Å². The molecule has 0 aliphatic carbocycles. The van der Waals surface area contributed by atoms with Crippen LogP contribution in [-0.2, 0) is 19.1 Å². The van der Waals surface area contributed by atoms with Crippen molar-refractivity contribution in [3.63, 3.8) is 0 Å². The van der Waals surface area contributed by atoms with E-state index in [0.29, 0.717) is 12.4 Å². The number of carbonyl (C=O) groups is 2. The molecule has 3 atom stereocenters. The Kier molecular flexibility index (Phi) is 7.77. The van der Waals surface area contributed by atoms with E-state index >= 15 is 0 Å². The number of ketones is 1. The molecule has 1 saturated heterocycles. The van der Waals surface area contributed by atoms with Crippen LogP contribution in [0.2, 0.25) is 0 Å². The van der Waals surface area contributed by atoms with Crippen molar-refractivity contribution in [1.82, 2.24) is 0 Å². The van der Waals surface area contributed by atoms with Crippen LogP contribution in [-0.4, -0.2) is 35.7 Å². The van der Waals surface area contributed by atoms with Gasteiger partial charge in [-0.05, 0) is 37.9 Å². The number of thioether (sulfide) groups is 1. The first kappa shape index (κ1) is 17.7. The van der Waals surface area contributed by atoms with Crippen molar-refractivity contribution in [2.75, 3.05) is 12.4 Å². The first-order chi connectivity index (χ1) is 9.47. The molecule has 0 saturated carbocycles. The Morgan fingerprint density at radius 1 is 1.30 bits per heavy atom. The topological polar surface area (TPSA) is 52.6 Å². The summed E-state index contributed by atoms with van der Waals surface area (Å²) in [5.41, 5.74) is 0. The second kappa shape index (κ2) is 8.80. The summed E-state index contributed by atoms with van der Waals surface area (Å²) in [7, 11) is 0. The predicted octanol–water partition coefficient (Wildman–Crippen LogP) is 3.04. The van der Waals surface area contributed by atoms with Crippen LogP contribution in [0.4, 0.5) is 0 Å². The van der Waals surface area contributed by atoms with E-state index in [1.165, 1.54) is 11.8 Å². The predicted molar refractivity (Wildman–Crippen MR) is 80.6 cm³/mol. The van der Waals surface area contributed by atoms with E-state index in [-0.39, 0.29) is 23.1 Å². The zero-order chi connectivity index (χ0) is 15.1. The number of Topliss-reactive ketones (excluding diaryl/α,β-unsaturated/α-hetero) is 1. The molecule has 20 heavy (non-hydrogen) atoms. The fourth-order valence-electron chi connectivity index (χ4n) is 2.16. The van der Waals surface area contributed by atoms with Crippen LogP contribution in [0.15, 0.2) is 0 Å². The Morgan fingerprint density at radius 2 is 2.00 bits per heavy atom. The molecule has 1 heterocycles. The molecule has 0 aromatic heterocycles. The van der Waals surface area contributed by atoms with Gasteiger partial charge in [-0.3, -0.25) is 9.59 Å². The molecule has 0 N–H and O–H groups in total. The van der Waals surface area contributed by atoms with E-state index in [0.717, 1.165) is 19.3 Å². The number of rotatable bonds is 7. The largest absolute Gasteiger partial charge is 0.353 e. The maximum absolute atomic E-state index is 12.5. The van der Waals surface area contributed by atoms with Crippen molar-refractivity contribution in [1.29, 1.82) is 0 Å². The minimum absolute atomic E-state index is 0.0369. The van der Waals surface area contributed by atoms with Gasteiger partial charge in [-0.25, -0.2) is 0 Å². The number of hydrogen-bond donors (Lipinski definition) is 0. The number of ether oxygens (including phenoxy) is 2. The van der Waals surface area contributed by atoms with Crippen molar-refractivity contribution in [3.8, 4) is 0 Å². The van der Waals surface area contributed by atoms with Gasteiger partial charge >= 0.3 is 0 Å². The van der Waals surface area contributed by atoms with Crippen LogP contribution < -0.4 is 0 Å². The van der Waals surface area contributed by atoms with Gasteiger partial charge in [0.15, 0.2) is 17.2 Å². The molecule has 0 aromatic rings. The summed E-state index contributed by atoms with van der Waals surface area (Å²) in [6, 6.07) is 0. The molecule has 1 fully saturated rings. The van der Waals surface area contributed by atoms with E-state index in [1.807, 2.05) is 20.8 Å². The SMILES string of the molecule is CCSC(=O)C(C)C(=O)[C@@H](OC1CCCCO1)C(C)C. The summed E-state index contributed by atoms with van der Waals surface area (Å²) in [5, 5.41) is -0.0729. The first-order valence-electron chi connectivity index (χ1n) is 7.44. The molecular weight excluding hydrogens is 276 g/mol. The smallest absolute Gasteiger partial charge is 0.199 e. The Hall–Kier alpha value is -0.390. The minimum atomic E-state index is -0.615. The average molecular weight is 302 g/mol. The molecule has 0 amide bonds. The van der Waals surface area contributed by atoms with Gasteiger partial charge in [0.2, 0.25) is 0 Å². The van der Waals surface area contributed by atoms with E-state index < -0.39 is 12.0 Å². The van der Waals surface area contributed by atoms with E-state index in [2.05, 4.69) is 0 Å². The van der Waals surface area contributed by atoms with Crippen LogP contribution in [0, 0.1) is 11.8 Å². The van der Waals surface area contributed by atoms with Crippen molar-refractivity contribution < 1.29 is 19.1 Å². The molecule has 0 aromatic carbocycles. The maximum atomic E-state index is 12.5. The van der Waals surface area contributed by atoms with Crippen LogP contribution in [0.25, 0.3) is 0 Å². The molecule has 2 unspecified atom stereocenters. The Morgan fingerprint density at radius 3 is 2.50 bits per heavy atom. The summed E-state index contributed by atoms with van der Waals surface area (Å²) in [6.07, 6.45) is 2.06. The van der Waals surface area contributed by atoms with Crippen molar-refractivity contribution in [3.05, 3.63) is 0 Å². The number of hydrogen-bond acceptors (Lipinski definition) is 5. The van der Waals surface area contributed by atoms with Crippen LogP contribution in [0.5, 0.6) is 0 Å². The second-order valence-corrected chi connectivity index (χ2v) is 6.74. The van der Waals surface area contributed by atoms with Gasteiger partial charge in [-0.2, -0.15) is 0 Å². The van der Waals surface area contributed by atoms with Gasteiger partial charge < -0.3 is 9.47 Å². The second-order valence-electron chi connectivity index (χ2n) is 5.47. The molecule has 1 rings (SSSR count). The minimum Gasteiger partial charge on any atom is -0.353 e. The quantitative estimate of drug-likeness (QED) is 0.677. The molecule has 1 aliphatic heterocycles. The van der Waals surface area contributed by atoms with Gasteiger partial charge in [-0.1, -0.05) is 32.5 Å². The van der Waals surface area contributed by atoms with Crippen molar-refractivity contribution in [2.24, 2.45) is 11.8 Å². The molecule has 0 bridgehead atoms. The lowest BCUT2D eigenvalue weighted by Crippen LogP contribution is -2.40. The lowest BCUT2D eigenvalue weighted by Gasteiger charge is -2.30. The van der Waals surface area contributed by atoms with Crippen molar-refractivity contribution >= 4 is 22.7 Å². The van der Waals surface area contributed by atoms with E-state index in [1.54, 1.807) is 6.92 Å². The fourth-order valence-corrected chi connectivity index (χ4v) is 2.82. The highest BCUT2D eigenvalue weighted by Crippen LogP contribution is 2.23. The van der Waals surface area contributed by atoms with Gasteiger partial charge in [0.1, 0.15) is 6.10 Å². The fraction of sp³-hybridized carbons (Fsp3) is 0.867. The highest BCUT2D eigenvalue weighted by Gasteiger charge is 2.33. The Labute approximate surface area is 126 Å². The Balaban J connectivity index is 2.64. The lowest BCUT2D eigenvalue weighted by molar-refractivity contribution is -0.199. The molecule has 5 heteroatoms. The van der Waals surface area contributed by atoms with Crippen LogP contribution >= 0.6 is 11.8 Å². The first-order valence-corrected chi connectivity index (χ1v) is 8.43. The van der Waals surface area contributed by atoms with Gasteiger partial charge in [-0.15, -0.1) is 0 Å². The highest BCUT2D eigenvalue weighted by atomic mass is 32.2. The maximum Gasteiger partial charge on any atom is 0.199 e. The zero-order valence-corrected chi connectivity index (χ0v) is 13.7. The molecule has 116 valence electrons. The van der Waals surface area contributed by atoms with Crippen LogP contribution in [0.3, 0.4) is 0 Å². The normalized spacial score (nSPS) is 22.6. The third-order valence-corrected chi connectivity index (χ3v) is 4.32. The third kappa shape index (κ3) is 5.19. The molecule has 0 spiro atoms. The van der Waals surface area contributed by atoms with Gasteiger partial charge in [0, 0.05) is 6.61 Å². The molecule has 4 nitrogen and oxygen atoms in total. The number of carbonyl (C=O) groups excluding carboxylic acids is 2. The van der Waals surface area contributed by atoms with Gasteiger partial charge in [0.25, 0.3) is 0 Å². The molecule has 0 radical (unpaired) electrons. The van der Waals surface area contributed by atoms with Crippen molar-refractivity contribution in [2.45, 2.75) is 59.4 Å². The zero-order valence-electron chi connectivity index (χ0n) is 12.9. The molecular formula is C15H26O4S. The monoisotopic (exact) mass is 302 g/mol. The average Bonchev–Trinajstić information content (AvgIpc) is 2.44. The lowest BCUT2D eigenvalue weighted by atomic mass is 9.95. The molecule has 1 aliphatic rings. The standard InChI is InChI=1S/C15H26O4S/c1-5-20-15(17)11(4)13(16)14(10(2)3)19-12-8-6-7-9-18-12/h10-12,14H,5-9H2,1-4H3/t11?,12?,14-/m0/s1. The third-order valence-electron chi connectivity index (χ3n) is 3.39. The highest BCUT2D eigenvalue weighted by molar-refractivity contribution is 8.13. The van der Waals surface area contributed by atoms with E-state index in [4.69, 9.17) is 9.47 Å². The summed E-state index contributed by atoms with van der Waals surface area (Å²) in [6.45, 7) is 8.15. The summed E-state index contributed by atoms with van der Waals surface area (Å²) in [5.74, 6) is -0.0129. The summed E-state index contributed by atoms with van der Waals surface area (Å²) in [4.78, 5) is 24.3.